The molecule has 1 unspecified atom stereocenters. The number of aryl methyl sites for hydroxylation is 2. The molecule has 1 aromatic heterocycles. The third kappa shape index (κ3) is 5.21. The number of nitrogens with one attached hydrogen (secondary N) is 1. The normalized spacial score (nSPS) is 12.7. The average molecular weight is 408 g/mol. The molecule has 30 heavy (non-hydrogen) atoms. The Morgan fingerprint density at radius 3 is 2.50 bits per heavy atom. The van der Waals surface area contributed by atoms with Crippen molar-refractivity contribution >= 4 is 16.9 Å². The van der Waals surface area contributed by atoms with Crippen molar-refractivity contribution in [3.8, 4) is 5.75 Å². The van der Waals surface area contributed by atoms with Crippen molar-refractivity contribution < 1.29 is 9.53 Å². The van der Waals surface area contributed by atoms with E-state index in [2.05, 4.69) is 35.0 Å². The van der Waals surface area contributed by atoms with Crippen LogP contribution < -0.4 is 10.1 Å². The van der Waals surface area contributed by atoms with Gasteiger partial charge >= 0.3 is 0 Å². The van der Waals surface area contributed by atoms with E-state index < -0.39 is 5.41 Å². The lowest BCUT2D eigenvalue weighted by Gasteiger charge is -2.22. The molecule has 1 amide bonds. The molecule has 0 fully saturated rings. The molecule has 1 N–H and O–H groups in total. The molecule has 0 saturated heterocycles. The van der Waals surface area contributed by atoms with Gasteiger partial charge in [-0.2, -0.15) is 0 Å². The second-order valence-electron chi connectivity index (χ2n) is 8.76. The highest BCUT2D eigenvalue weighted by atomic mass is 16.5. The molecule has 0 spiro atoms. The Bertz CT molecular complexity index is 984. The maximum absolute atomic E-state index is 12.5. The van der Waals surface area contributed by atoms with E-state index >= 15 is 0 Å². The maximum Gasteiger partial charge on any atom is 0.225 e. The Kier molecular flexibility index (Phi) is 6.80. The lowest BCUT2D eigenvalue weighted by Crippen LogP contribution is -2.37. The molecule has 0 aliphatic carbocycles. The van der Waals surface area contributed by atoms with E-state index in [0.29, 0.717) is 6.61 Å². The molecule has 160 valence electrons. The van der Waals surface area contributed by atoms with Crippen LogP contribution in [0.5, 0.6) is 5.75 Å². The number of imidazole rings is 1. The van der Waals surface area contributed by atoms with Crippen molar-refractivity contribution in [2.45, 2.75) is 60.0 Å². The van der Waals surface area contributed by atoms with Gasteiger partial charge in [-0.25, -0.2) is 4.98 Å². The Morgan fingerprint density at radius 1 is 1.13 bits per heavy atom. The van der Waals surface area contributed by atoms with Gasteiger partial charge in [0.25, 0.3) is 0 Å². The van der Waals surface area contributed by atoms with Crippen LogP contribution >= 0.6 is 0 Å². The number of carbonyl (C=O) groups excluding carboxylic acids is 1. The summed E-state index contributed by atoms with van der Waals surface area (Å²) in [6, 6.07) is 16.2. The number of fused-ring (bicyclic) bond motifs is 1. The topological polar surface area (TPSA) is 56.1 Å². The van der Waals surface area contributed by atoms with Gasteiger partial charge in [0.15, 0.2) is 0 Å². The first-order valence-electron chi connectivity index (χ1n) is 10.8. The van der Waals surface area contributed by atoms with Gasteiger partial charge < -0.3 is 14.6 Å². The molecule has 1 atom stereocenters. The second-order valence-corrected chi connectivity index (χ2v) is 8.76. The molecule has 0 radical (unpaired) electrons. The standard InChI is InChI=1S/C25H33N3O2/c1-6-19-12-14-20(15-13-19)30-17-9-16-28-22-11-8-7-10-21(22)27-23(28)18(2)26-24(29)25(3,4)5/h7-8,10-15,18H,6,9,16-17H2,1-5H3,(H,26,29). The zero-order valence-electron chi connectivity index (χ0n) is 18.7. The lowest BCUT2D eigenvalue weighted by molar-refractivity contribution is -0.129. The Labute approximate surface area is 179 Å². The van der Waals surface area contributed by atoms with E-state index in [1.54, 1.807) is 0 Å². The van der Waals surface area contributed by atoms with Crippen LogP contribution in [0.1, 0.15) is 58.5 Å². The smallest absolute Gasteiger partial charge is 0.225 e. The molecular weight excluding hydrogens is 374 g/mol. The highest BCUT2D eigenvalue weighted by molar-refractivity contribution is 5.82. The Balaban J connectivity index is 1.70. The Hall–Kier alpha value is -2.82. The summed E-state index contributed by atoms with van der Waals surface area (Å²) >= 11 is 0. The molecule has 5 nitrogen and oxygen atoms in total. The number of nitrogens with zero attached hydrogens (tertiary/aromatic N) is 2. The maximum atomic E-state index is 12.5. The molecule has 0 aliphatic heterocycles. The van der Waals surface area contributed by atoms with Crippen molar-refractivity contribution in [2.75, 3.05) is 6.61 Å². The minimum atomic E-state index is -0.438. The summed E-state index contributed by atoms with van der Waals surface area (Å²) in [6.45, 7) is 11.3. The lowest BCUT2D eigenvalue weighted by atomic mass is 9.95. The van der Waals surface area contributed by atoms with Gasteiger partial charge in [-0.1, -0.05) is 52.0 Å². The van der Waals surface area contributed by atoms with Gasteiger partial charge in [0.1, 0.15) is 11.6 Å². The molecule has 0 bridgehead atoms. The van der Waals surface area contributed by atoms with Crippen LogP contribution in [-0.2, 0) is 17.8 Å². The van der Waals surface area contributed by atoms with Crippen LogP contribution in [0.25, 0.3) is 11.0 Å². The van der Waals surface area contributed by atoms with Gasteiger partial charge in [0, 0.05) is 12.0 Å². The second kappa shape index (κ2) is 9.33. The van der Waals surface area contributed by atoms with Crippen LogP contribution in [0.3, 0.4) is 0 Å². The summed E-state index contributed by atoms with van der Waals surface area (Å²) in [6.07, 6.45) is 1.88. The third-order valence-corrected chi connectivity index (χ3v) is 5.23. The minimum absolute atomic E-state index is 0.0208. The largest absolute Gasteiger partial charge is 0.494 e. The summed E-state index contributed by atoms with van der Waals surface area (Å²) in [5, 5.41) is 3.11. The number of para-hydroxylation sites is 2. The molecule has 3 rings (SSSR count). The first-order valence-corrected chi connectivity index (χ1v) is 10.8. The van der Waals surface area contributed by atoms with Crippen molar-refractivity contribution in [3.63, 3.8) is 0 Å². The van der Waals surface area contributed by atoms with Crippen LogP contribution in [0.4, 0.5) is 0 Å². The number of hydrogen-bond acceptors (Lipinski definition) is 3. The van der Waals surface area contributed by atoms with E-state index in [1.807, 2.05) is 58.0 Å². The SMILES string of the molecule is CCc1ccc(OCCCn2c(C(C)NC(=O)C(C)(C)C)nc3ccccc32)cc1. The summed E-state index contributed by atoms with van der Waals surface area (Å²) < 4.78 is 8.12. The fraction of sp³-hybridized carbons (Fsp3) is 0.440. The summed E-state index contributed by atoms with van der Waals surface area (Å²) in [4.78, 5) is 17.3. The van der Waals surface area contributed by atoms with Crippen LogP contribution in [0, 0.1) is 5.41 Å². The molecule has 5 heteroatoms. The van der Waals surface area contributed by atoms with E-state index in [-0.39, 0.29) is 11.9 Å². The van der Waals surface area contributed by atoms with E-state index in [9.17, 15) is 4.79 Å². The number of rotatable bonds is 8. The minimum Gasteiger partial charge on any atom is -0.494 e. The highest BCUT2D eigenvalue weighted by Crippen LogP contribution is 2.23. The van der Waals surface area contributed by atoms with Crippen LogP contribution in [0.15, 0.2) is 48.5 Å². The van der Waals surface area contributed by atoms with Crippen LogP contribution in [-0.4, -0.2) is 22.1 Å². The zero-order valence-corrected chi connectivity index (χ0v) is 18.7. The van der Waals surface area contributed by atoms with Crippen molar-refractivity contribution in [1.82, 2.24) is 14.9 Å². The summed E-state index contributed by atoms with van der Waals surface area (Å²) in [7, 11) is 0. The molecule has 0 saturated carbocycles. The molecular formula is C25H33N3O2. The van der Waals surface area contributed by atoms with Gasteiger partial charge in [-0.15, -0.1) is 0 Å². The number of ether oxygens (including phenoxy) is 1. The number of hydrogen-bond donors (Lipinski definition) is 1. The van der Waals surface area contributed by atoms with Gasteiger partial charge in [0.2, 0.25) is 5.91 Å². The number of aromatic nitrogens is 2. The molecule has 0 aliphatic rings. The van der Waals surface area contributed by atoms with Crippen molar-refractivity contribution in [1.29, 1.82) is 0 Å². The predicted octanol–water partition coefficient (Wildman–Crippen LogP) is 5.29. The summed E-state index contributed by atoms with van der Waals surface area (Å²) in [5.41, 5.74) is 2.90. The van der Waals surface area contributed by atoms with E-state index in [4.69, 9.17) is 9.72 Å². The molecule has 3 aromatic rings. The Morgan fingerprint density at radius 2 is 1.83 bits per heavy atom. The first-order chi connectivity index (χ1) is 14.3. The average Bonchev–Trinajstić information content (AvgIpc) is 3.09. The number of amides is 1. The molecule has 2 aromatic carbocycles. The fourth-order valence-electron chi connectivity index (χ4n) is 3.37. The number of carbonyl (C=O) groups is 1. The quantitative estimate of drug-likeness (QED) is 0.516. The highest BCUT2D eigenvalue weighted by Gasteiger charge is 2.25. The van der Waals surface area contributed by atoms with Crippen LogP contribution in [0.2, 0.25) is 0 Å². The molecule has 1 heterocycles. The fourth-order valence-corrected chi connectivity index (χ4v) is 3.37. The van der Waals surface area contributed by atoms with Crippen molar-refractivity contribution in [2.24, 2.45) is 5.41 Å². The van der Waals surface area contributed by atoms with Gasteiger partial charge in [0.05, 0.1) is 23.7 Å². The summed E-state index contributed by atoms with van der Waals surface area (Å²) in [5.74, 6) is 1.79. The predicted molar refractivity (Wildman–Crippen MR) is 122 cm³/mol. The van der Waals surface area contributed by atoms with E-state index in [0.717, 1.165) is 42.0 Å². The third-order valence-electron chi connectivity index (χ3n) is 5.23. The monoisotopic (exact) mass is 407 g/mol. The van der Waals surface area contributed by atoms with Crippen molar-refractivity contribution in [3.05, 3.63) is 59.9 Å². The first kappa shape index (κ1) is 21.9. The zero-order chi connectivity index (χ0) is 21.7. The number of benzene rings is 2. The van der Waals surface area contributed by atoms with Gasteiger partial charge in [-0.3, -0.25) is 4.79 Å². The van der Waals surface area contributed by atoms with Gasteiger partial charge in [-0.05, 0) is 49.6 Å². The van der Waals surface area contributed by atoms with E-state index in [1.165, 1.54) is 5.56 Å².